The van der Waals surface area contributed by atoms with Crippen LogP contribution in [0.5, 0.6) is 0 Å². The Hall–Kier alpha value is -2.42. The van der Waals surface area contributed by atoms with E-state index >= 15 is 0 Å². The normalized spacial score (nSPS) is 15.7. The lowest BCUT2D eigenvalue weighted by Gasteiger charge is -2.34. The number of hydrogen-bond donors (Lipinski definition) is 3. The number of anilines is 1. The SMILES string of the molecule is Cl.NCC1(C(=O)Nc2ccc(-n3ccc(C(N)=O)n3)cc2)CCOCC1. The Balaban J connectivity index is 0.00000243. The summed E-state index contributed by atoms with van der Waals surface area (Å²) in [4.78, 5) is 23.7. The molecule has 8 nitrogen and oxygen atoms in total. The maximum atomic E-state index is 12.6. The van der Waals surface area contributed by atoms with Crippen molar-refractivity contribution in [1.29, 1.82) is 0 Å². The van der Waals surface area contributed by atoms with Crippen LogP contribution in [-0.2, 0) is 9.53 Å². The molecule has 0 aliphatic carbocycles. The van der Waals surface area contributed by atoms with Gasteiger partial charge in [0.2, 0.25) is 5.91 Å². The molecule has 0 spiro atoms. The molecule has 5 N–H and O–H groups in total. The summed E-state index contributed by atoms with van der Waals surface area (Å²) in [6.45, 7) is 1.39. The van der Waals surface area contributed by atoms with E-state index in [1.165, 1.54) is 0 Å². The molecule has 9 heteroatoms. The van der Waals surface area contributed by atoms with Crippen molar-refractivity contribution < 1.29 is 14.3 Å². The Labute approximate surface area is 157 Å². The average Bonchev–Trinajstić information content (AvgIpc) is 3.13. The number of aromatic nitrogens is 2. The lowest BCUT2D eigenvalue weighted by Crippen LogP contribution is -2.46. The Bertz CT molecular complexity index is 769. The van der Waals surface area contributed by atoms with E-state index in [-0.39, 0.29) is 24.0 Å². The smallest absolute Gasteiger partial charge is 0.269 e. The first-order chi connectivity index (χ1) is 12.0. The fourth-order valence-electron chi connectivity index (χ4n) is 2.85. The molecule has 1 fully saturated rings. The predicted molar refractivity (Wildman–Crippen MR) is 99.5 cm³/mol. The molecule has 3 rings (SSSR count). The van der Waals surface area contributed by atoms with Gasteiger partial charge in [0.25, 0.3) is 5.91 Å². The topological polar surface area (TPSA) is 125 Å². The van der Waals surface area contributed by atoms with Gasteiger partial charge in [-0.1, -0.05) is 0 Å². The highest BCUT2D eigenvalue weighted by atomic mass is 35.5. The van der Waals surface area contributed by atoms with Gasteiger partial charge in [0.05, 0.1) is 11.1 Å². The molecule has 0 atom stereocenters. The highest BCUT2D eigenvalue weighted by Gasteiger charge is 2.38. The van der Waals surface area contributed by atoms with Crippen molar-refractivity contribution in [3.05, 3.63) is 42.2 Å². The first kappa shape index (κ1) is 19.9. The fraction of sp³-hybridized carbons (Fsp3) is 0.353. The van der Waals surface area contributed by atoms with Gasteiger partial charge >= 0.3 is 0 Å². The van der Waals surface area contributed by atoms with Crippen molar-refractivity contribution in [2.75, 3.05) is 25.1 Å². The van der Waals surface area contributed by atoms with Crippen LogP contribution >= 0.6 is 12.4 Å². The molecule has 2 heterocycles. The minimum atomic E-state index is -0.578. The number of ether oxygens (including phenoxy) is 1. The second-order valence-corrected chi connectivity index (χ2v) is 6.11. The lowest BCUT2D eigenvalue weighted by molar-refractivity contribution is -0.130. The van der Waals surface area contributed by atoms with E-state index in [2.05, 4.69) is 10.4 Å². The van der Waals surface area contributed by atoms with Crippen LogP contribution in [0, 0.1) is 5.41 Å². The largest absolute Gasteiger partial charge is 0.381 e. The number of primary amides is 1. The zero-order valence-corrected chi connectivity index (χ0v) is 15.0. The van der Waals surface area contributed by atoms with Crippen LogP contribution in [-0.4, -0.2) is 41.4 Å². The van der Waals surface area contributed by atoms with Crippen molar-refractivity contribution in [3.63, 3.8) is 0 Å². The van der Waals surface area contributed by atoms with Crippen LogP contribution < -0.4 is 16.8 Å². The van der Waals surface area contributed by atoms with Crippen LogP contribution in [0.4, 0.5) is 5.69 Å². The Kier molecular flexibility index (Phi) is 6.36. The van der Waals surface area contributed by atoms with Crippen LogP contribution in [0.2, 0.25) is 0 Å². The molecular formula is C17H22ClN5O3. The van der Waals surface area contributed by atoms with Gasteiger partial charge in [0, 0.05) is 31.6 Å². The third kappa shape index (κ3) is 4.04. The lowest BCUT2D eigenvalue weighted by atomic mass is 9.79. The zero-order valence-electron chi connectivity index (χ0n) is 14.2. The van der Waals surface area contributed by atoms with E-state index in [0.29, 0.717) is 38.3 Å². The summed E-state index contributed by atoms with van der Waals surface area (Å²) in [5.74, 6) is -0.660. The third-order valence-electron chi connectivity index (χ3n) is 4.55. The summed E-state index contributed by atoms with van der Waals surface area (Å²) in [6.07, 6.45) is 2.90. The minimum absolute atomic E-state index is 0. The molecule has 0 radical (unpaired) electrons. The highest BCUT2D eigenvalue weighted by Crippen LogP contribution is 2.31. The van der Waals surface area contributed by atoms with Crippen molar-refractivity contribution in [2.24, 2.45) is 16.9 Å². The monoisotopic (exact) mass is 379 g/mol. The van der Waals surface area contributed by atoms with Gasteiger partial charge in [-0.05, 0) is 43.2 Å². The maximum Gasteiger partial charge on any atom is 0.269 e. The summed E-state index contributed by atoms with van der Waals surface area (Å²) in [7, 11) is 0. The standard InChI is InChI=1S/C17H21N5O3.ClH/c18-11-17(6-9-25-10-7-17)16(24)20-12-1-3-13(4-2-12)22-8-5-14(21-22)15(19)23;/h1-5,8H,6-7,9-11,18H2,(H2,19,23)(H,20,24);1H. The molecule has 1 aliphatic heterocycles. The molecule has 2 amide bonds. The van der Waals surface area contributed by atoms with Crippen LogP contribution in [0.3, 0.4) is 0 Å². The number of nitrogens with one attached hydrogen (secondary N) is 1. The number of amides is 2. The minimum Gasteiger partial charge on any atom is -0.381 e. The Morgan fingerprint density at radius 3 is 2.38 bits per heavy atom. The number of carbonyl (C=O) groups excluding carboxylic acids is 2. The predicted octanol–water partition coefficient (Wildman–Crippen LogP) is 1.09. The summed E-state index contributed by atoms with van der Waals surface area (Å²) < 4.78 is 6.88. The summed E-state index contributed by atoms with van der Waals surface area (Å²) in [6, 6.07) is 8.71. The van der Waals surface area contributed by atoms with E-state index in [1.54, 1.807) is 41.2 Å². The van der Waals surface area contributed by atoms with E-state index in [4.69, 9.17) is 16.2 Å². The quantitative estimate of drug-likeness (QED) is 0.716. The second kappa shape index (κ2) is 8.31. The van der Waals surface area contributed by atoms with Gasteiger partial charge in [0.15, 0.2) is 0 Å². The summed E-state index contributed by atoms with van der Waals surface area (Å²) >= 11 is 0. The van der Waals surface area contributed by atoms with Crippen molar-refractivity contribution in [2.45, 2.75) is 12.8 Å². The van der Waals surface area contributed by atoms with Gasteiger partial charge < -0.3 is 21.5 Å². The highest BCUT2D eigenvalue weighted by molar-refractivity contribution is 5.95. The van der Waals surface area contributed by atoms with Gasteiger partial charge in [-0.15, -0.1) is 12.4 Å². The number of hydrogen-bond acceptors (Lipinski definition) is 5. The van der Waals surface area contributed by atoms with Crippen molar-refractivity contribution in [1.82, 2.24) is 9.78 Å². The molecule has 0 bridgehead atoms. The number of halogens is 1. The van der Waals surface area contributed by atoms with E-state index in [1.807, 2.05) is 0 Å². The number of carbonyl (C=O) groups is 2. The molecule has 2 aromatic rings. The fourth-order valence-corrected chi connectivity index (χ4v) is 2.85. The average molecular weight is 380 g/mol. The van der Waals surface area contributed by atoms with Crippen LogP contribution in [0.15, 0.2) is 36.5 Å². The molecular weight excluding hydrogens is 358 g/mol. The van der Waals surface area contributed by atoms with E-state index in [0.717, 1.165) is 5.69 Å². The molecule has 1 aromatic carbocycles. The first-order valence-corrected chi connectivity index (χ1v) is 8.09. The van der Waals surface area contributed by atoms with E-state index in [9.17, 15) is 9.59 Å². The maximum absolute atomic E-state index is 12.6. The molecule has 1 aliphatic rings. The summed E-state index contributed by atoms with van der Waals surface area (Å²) in [5.41, 5.74) is 12.1. The molecule has 0 saturated carbocycles. The van der Waals surface area contributed by atoms with Gasteiger partial charge in [0.1, 0.15) is 5.69 Å². The number of rotatable bonds is 5. The van der Waals surface area contributed by atoms with E-state index < -0.39 is 11.3 Å². The van der Waals surface area contributed by atoms with Crippen molar-refractivity contribution in [3.8, 4) is 5.69 Å². The number of benzene rings is 1. The van der Waals surface area contributed by atoms with Crippen molar-refractivity contribution >= 4 is 29.9 Å². The molecule has 1 saturated heterocycles. The number of nitrogens with two attached hydrogens (primary N) is 2. The van der Waals surface area contributed by atoms with Gasteiger partial charge in [-0.2, -0.15) is 5.10 Å². The Morgan fingerprint density at radius 1 is 1.19 bits per heavy atom. The number of nitrogens with zero attached hydrogens (tertiary/aromatic N) is 2. The Morgan fingerprint density at radius 2 is 1.85 bits per heavy atom. The molecule has 1 aromatic heterocycles. The van der Waals surface area contributed by atoms with Gasteiger partial charge in [-0.25, -0.2) is 4.68 Å². The molecule has 26 heavy (non-hydrogen) atoms. The zero-order chi connectivity index (χ0) is 17.9. The second-order valence-electron chi connectivity index (χ2n) is 6.11. The van der Waals surface area contributed by atoms with Crippen LogP contribution in [0.25, 0.3) is 5.69 Å². The van der Waals surface area contributed by atoms with Crippen LogP contribution in [0.1, 0.15) is 23.3 Å². The summed E-state index contributed by atoms with van der Waals surface area (Å²) in [5, 5.41) is 7.02. The molecule has 140 valence electrons. The third-order valence-corrected chi connectivity index (χ3v) is 4.55. The first-order valence-electron chi connectivity index (χ1n) is 8.09. The molecule has 0 unspecified atom stereocenters. The van der Waals surface area contributed by atoms with Gasteiger partial charge in [-0.3, -0.25) is 9.59 Å².